The number of imidazole rings is 1. The van der Waals surface area contributed by atoms with Gasteiger partial charge in [-0.1, -0.05) is 12.1 Å². The predicted molar refractivity (Wildman–Crippen MR) is 109 cm³/mol. The molecular formula is C19H16N4O3S2. The molecule has 9 heteroatoms. The number of hydrogen-bond acceptors (Lipinski definition) is 5. The molecular weight excluding hydrogens is 396 g/mol. The van der Waals surface area contributed by atoms with Crippen LogP contribution in [0.1, 0.15) is 10.4 Å². The summed E-state index contributed by atoms with van der Waals surface area (Å²) in [5, 5.41) is 4.78. The van der Waals surface area contributed by atoms with Crippen LogP contribution in [0.3, 0.4) is 0 Å². The van der Waals surface area contributed by atoms with E-state index in [4.69, 9.17) is 0 Å². The molecule has 28 heavy (non-hydrogen) atoms. The highest BCUT2D eigenvalue weighted by Crippen LogP contribution is 2.23. The molecule has 2 N–H and O–H groups in total. The highest BCUT2D eigenvalue weighted by molar-refractivity contribution is 7.89. The topological polar surface area (TPSA) is 92.6 Å². The standard InChI is InChI=1S/C19H16N4O3S2/c1-20-28(25,26)16-8-4-14(5-9-16)18(24)21-15-6-2-13(3-7-15)17-12-23-10-11-27-19(23)22-17/h2-12,20H,1H3,(H,21,24). The number of nitrogens with one attached hydrogen (secondary N) is 2. The lowest BCUT2D eigenvalue weighted by molar-refractivity contribution is 0.102. The molecule has 1 amide bonds. The summed E-state index contributed by atoms with van der Waals surface area (Å²) in [6.45, 7) is 0. The van der Waals surface area contributed by atoms with Crippen LogP contribution in [0, 0.1) is 0 Å². The van der Waals surface area contributed by atoms with E-state index >= 15 is 0 Å². The molecule has 0 bridgehead atoms. The Morgan fingerprint density at radius 3 is 2.43 bits per heavy atom. The van der Waals surface area contributed by atoms with Gasteiger partial charge in [0, 0.05) is 34.6 Å². The number of anilines is 1. The molecule has 2 aromatic carbocycles. The second kappa shape index (κ2) is 7.19. The summed E-state index contributed by atoms with van der Waals surface area (Å²) in [7, 11) is -2.19. The van der Waals surface area contributed by atoms with Crippen LogP contribution in [-0.2, 0) is 10.0 Å². The third-order valence-corrected chi connectivity index (χ3v) is 6.43. The van der Waals surface area contributed by atoms with Crippen molar-refractivity contribution in [3.8, 4) is 11.3 Å². The SMILES string of the molecule is CNS(=O)(=O)c1ccc(C(=O)Nc2ccc(-c3cn4ccsc4n3)cc2)cc1. The number of benzene rings is 2. The molecule has 0 aliphatic heterocycles. The van der Waals surface area contributed by atoms with E-state index in [1.54, 1.807) is 23.5 Å². The van der Waals surface area contributed by atoms with Crippen LogP contribution in [0.4, 0.5) is 5.69 Å². The maximum atomic E-state index is 12.4. The summed E-state index contributed by atoms with van der Waals surface area (Å²) in [5.41, 5.74) is 2.83. The summed E-state index contributed by atoms with van der Waals surface area (Å²) in [6, 6.07) is 13.1. The minimum Gasteiger partial charge on any atom is -0.322 e. The lowest BCUT2D eigenvalue weighted by Crippen LogP contribution is -2.19. The lowest BCUT2D eigenvalue weighted by Gasteiger charge is -2.07. The van der Waals surface area contributed by atoms with E-state index in [1.165, 1.54) is 31.3 Å². The molecule has 7 nitrogen and oxygen atoms in total. The molecule has 0 aliphatic rings. The first kappa shape index (κ1) is 18.4. The first-order chi connectivity index (χ1) is 13.5. The number of amides is 1. The van der Waals surface area contributed by atoms with E-state index in [-0.39, 0.29) is 10.8 Å². The maximum absolute atomic E-state index is 12.4. The van der Waals surface area contributed by atoms with E-state index in [0.29, 0.717) is 11.3 Å². The average molecular weight is 412 g/mol. The van der Waals surface area contributed by atoms with Crippen LogP contribution < -0.4 is 10.0 Å². The number of fused-ring (bicyclic) bond motifs is 1. The molecule has 0 aliphatic carbocycles. The predicted octanol–water partition coefficient (Wildman–Crippen LogP) is 3.22. The van der Waals surface area contributed by atoms with E-state index < -0.39 is 10.0 Å². The largest absolute Gasteiger partial charge is 0.322 e. The van der Waals surface area contributed by atoms with Gasteiger partial charge in [-0.3, -0.25) is 9.20 Å². The molecule has 0 fully saturated rings. The van der Waals surface area contributed by atoms with Crippen LogP contribution >= 0.6 is 11.3 Å². The molecule has 142 valence electrons. The van der Waals surface area contributed by atoms with Crippen molar-refractivity contribution in [3.05, 3.63) is 71.9 Å². The van der Waals surface area contributed by atoms with Gasteiger partial charge in [0.25, 0.3) is 5.91 Å². The first-order valence-electron chi connectivity index (χ1n) is 8.34. The highest BCUT2D eigenvalue weighted by atomic mass is 32.2. The molecule has 4 aromatic rings. The van der Waals surface area contributed by atoms with E-state index in [2.05, 4.69) is 15.0 Å². The van der Waals surface area contributed by atoms with Crippen molar-refractivity contribution in [1.29, 1.82) is 0 Å². The summed E-state index contributed by atoms with van der Waals surface area (Å²) < 4.78 is 27.7. The Hall–Kier alpha value is -3.01. The Morgan fingerprint density at radius 2 is 1.79 bits per heavy atom. The first-order valence-corrected chi connectivity index (χ1v) is 10.7. The van der Waals surface area contributed by atoms with Crippen LogP contribution in [0.25, 0.3) is 16.2 Å². The number of nitrogens with zero attached hydrogens (tertiary/aromatic N) is 2. The summed E-state index contributed by atoms with van der Waals surface area (Å²) in [6.07, 6.45) is 3.92. The number of carbonyl (C=O) groups excluding carboxylic acids is 1. The van der Waals surface area contributed by atoms with Crippen molar-refractivity contribution in [3.63, 3.8) is 0 Å². The van der Waals surface area contributed by atoms with Gasteiger partial charge in [0.1, 0.15) is 0 Å². The smallest absolute Gasteiger partial charge is 0.255 e. The van der Waals surface area contributed by atoms with Crippen molar-refractivity contribution in [1.82, 2.24) is 14.1 Å². The Bertz CT molecular complexity index is 1210. The van der Waals surface area contributed by atoms with Gasteiger partial charge in [-0.05, 0) is 43.4 Å². The Kier molecular flexibility index (Phi) is 4.71. The number of sulfonamides is 1. The Labute approximate surface area is 165 Å². The minimum atomic E-state index is -3.52. The monoisotopic (exact) mass is 412 g/mol. The van der Waals surface area contributed by atoms with E-state index in [9.17, 15) is 13.2 Å². The molecule has 0 unspecified atom stereocenters. The zero-order valence-corrected chi connectivity index (χ0v) is 16.4. The van der Waals surface area contributed by atoms with Gasteiger partial charge in [0.05, 0.1) is 10.6 Å². The van der Waals surface area contributed by atoms with Gasteiger partial charge in [-0.2, -0.15) is 0 Å². The normalized spacial score (nSPS) is 11.6. The molecule has 0 radical (unpaired) electrons. The average Bonchev–Trinajstić information content (AvgIpc) is 3.31. The third-order valence-electron chi connectivity index (χ3n) is 4.23. The molecule has 0 saturated carbocycles. The summed E-state index contributed by atoms with van der Waals surface area (Å²) in [4.78, 5) is 18.0. The number of thiazole rings is 1. The molecule has 0 spiro atoms. The van der Waals surface area contributed by atoms with E-state index in [1.807, 2.05) is 34.3 Å². The minimum absolute atomic E-state index is 0.107. The third kappa shape index (κ3) is 3.55. The number of rotatable bonds is 5. The Morgan fingerprint density at radius 1 is 1.07 bits per heavy atom. The fraction of sp³-hybridized carbons (Fsp3) is 0.0526. The summed E-state index contributed by atoms with van der Waals surface area (Å²) >= 11 is 1.57. The second-order valence-electron chi connectivity index (χ2n) is 5.98. The van der Waals surface area contributed by atoms with Gasteiger partial charge in [0.2, 0.25) is 10.0 Å². The van der Waals surface area contributed by atoms with Gasteiger partial charge >= 0.3 is 0 Å². The number of aromatic nitrogens is 2. The van der Waals surface area contributed by atoms with Crippen molar-refractivity contribution in [2.45, 2.75) is 4.90 Å². The van der Waals surface area contributed by atoms with Gasteiger partial charge in [0.15, 0.2) is 4.96 Å². The van der Waals surface area contributed by atoms with Crippen molar-refractivity contribution < 1.29 is 13.2 Å². The Balaban J connectivity index is 1.48. The zero-order chi connectivity index (χ0) is 19.7. The van der Waals surface area contributed by atoms with Crippen molar-refractivity contribution in [2.24, 2.45) is 0 Å². The second-order valence-corrected chi connectivity index (χ2v) is 8.74. The van der Waals surface area contributed by atoms with E-state index in [0.717, 1.165) is 16.2 Å². The molecule has 0 saturated heterocycles. The van der Waals surface area contributed by atoms with Gasteiger partial charge < -0.3 is 5.32 Å². The summed E-state index contributed by atoms with van der Waals surface area (Å²) in [5.74, 6) is -0.316. The molecule has 2 aromatic heterocycles. The fourth-order valence-corrected chi connectivity index (χ4v) is 4.13. The van der Waals surface area contributed by atoms with Crippen LogP contribution in [0.15, 0.2) is 71.2 Å². The van der Waals surface area contributed by atoms with Crippen LogP contribution in [0.5, 0.6) is 0 Å². The van der Waals surface area contributed by atoms with Crippen molar-refractivity contribution >= 4 is 37.9 Å². The van der Waals surface area contributed by atoms with Crippen molar-refractivity contribution in [2.75, 3.05) is 12.4 Å². The fourth-order valence-electron chi connectivity index (χ4n) is 2.70. The molecule has 4 rings (SSSR count). The van der Waals surface area contributed by atoms with Crippen LogP contribution in [-0.4, -0.2) is 30.8 Å². The molecule has 2 heterocycles. The number of hydrogen-bond donors (Lipinski definition) is 2. The van der Waals surface area contributed by atoms with Gasteiger partial charge in [-0.25, -0.2) is 18.1 Å². The lowest BCUT2D eigenvalue weighted by atomic mass is 10.1. The maximum Gasteiger partial charge on any atom is 0.255 e. The number of carbonyl (C=O) groups is 1. The highest BCUT2D eigenvalue weighted by Gasteiger charge is 2.13. The molecule has 0 atom stereocenters. The van der Waals surface area contributed by atoms with Gasteiger partial charge in [-0.15, -0.1) is 11.3 Å². The van der Waals surface area contributed by atoms with Crippen LogP contribution in [0.2, 0.25) is 0 Å². The quantitative estimate of drug-likeness (QED) is 0.526. The zero-order valence-electron chi connectivity index (χ0n) is 14.8.